The first kappa shape index (κ1) is 20.7. The molecule has 29 heavy (non-hydrogen) atoms. The first-order chi connectivity index (χ1) is 13.6. The van der Waals surface area contributed by atoms with Crippen molar-refractivity contribution in [2.24, 2.45) is 0 Å². The fourth-order valence-corrected chi connectivity index (χ4v) is 3.02. The Kier molecular flexibility index (Phi) is 5.58. The van der Waals surface area contributed by atoms with Crippen molar-refractivity contribution in [3.05, 3.63) is 41.7 Å². The first-order valence-electron chi connectivity index (χ1n) is 8.77. The molecule has 0 radical (unpaired) electrons. The molecule has 1 aliphatic carbocycles. The number of rotatable bonds is 5. The van der Waals surface area contributed by atoms with E-state index in [1.54, 1.807) is 0 Å². The van der Waals surface area contributed by atoms with Gasteiger partial charge >= 0.3 is 6.18 Å². The van der Waals surface area contributed by atoms with Crippen molar-refractivity contribution in [1.82, 2.24) is 15.3 Å². The Hall–Kier alpha value is -2.98. The third kappa shape index (κ3) is 4.72. The zero-order chi connectivity index (χ0) is 21.2. The number of hydrogen-bond donors (Lipinski definition) is 3. The van der Waals surface area contributed by atoms with Gasteiger partial charge in [0.2, 0.25) is 0 Å². The standard InChI is InChI=1S/C18H18F5N5O/c1-24-16(29)11-9-26-15(7-12(11)27-13-3-2-6-17(13,19)20)28-14-5-4-10(8-25-14)18(21,22)23/h4-5,7-9,13H,2-3,6H2,1H3,(H,24,29)(H2,25,26,27,28). The number of aromatic nitrogens is 2. The van der Waals surface area contributed by atoms with Crippen LogP contribution in [-0.4, -0.2) is 34.9 Å². The molecule has 6 nitrogen and oxygen atoms in total. The number of halogens is 5. The molecule has 1 saturated carbocycles. The molecule has 1 unspecified atom stereocenters. The Morgan fingerprint density at radius 1 is 1.17 bits per heavy atom. The van der Waals surface area contributed by atoms with Crippen LogP contribution in [-0.2, 0) is 6.18 Å². The van der Waals surface area contributed by atoms with Crippen LogP contribution in [0.5, 0.6) is 0 Å². The predicted molar refractivity (Wildman–Crippen MR) is 96.4 cm³/mol. The molecule has 1 amide bonds. The minimum Gasteiger partial charge on any atom is -0.376 e. The molecule has 2 aromatic heterocycles. The zero-order valence-electron chi connectivity index (χ0n) is 15.3. The summed E-state index contributed by atoms with van der Waals surface area (Å²) >= 11 is 0. The highest BCUT2D eigenvalue weighted by Crippen LogP contribution is 2.38. The molecule has 0 spiro atoms. The molecule has 3 rings (SSSR count). The van der Waals surface area contributed by atoms with Gasteiger partial charge in [0.1, 0.15) is 11.6 Å². The molecule has 0 aromatic carbocycles. The fourth-order valence-electron chi connectivity index (χ4n) is 3.02. The van der Waals surface area contributed by atoms with Crippen LogP contribution < -0.4 is 16.0 Å². The van der Waals surface area contributed by atoms with Gasteiger partial charge in [-0.2, -0.15) is 13.2 Å². The Labute approximate surface area is 162 Å². The van der Waals surface area contributed by atoms with E-state index < -0.39 is 29.6 Å². The molecule has 2 aromatic rings. The summed E-state index contributed by atoms with van der Waals surface area (Å²) < 4.78 is 65.9. The van der Waals surface area contributed by atoms with Gasteiger partial charge in [-0.15, -0.1) is 0 Å². The Balaban J connectivity index is 1.85. The summed E-state index contributed by atoms with van der Waals surface area (Å²) in [6.07, 6.45) is -2.30. The van der Waals surface area contributed by atoms with Gasteiger partial charge in [-0.1, -0.05) is 0 Å². The van der Waals surface area contributed by atoms with Gasteiger partial charge < -0.3 is 16.0 Å². The fraction of sp³-hybridized carbons (Fsp3) is 0.389. The van der Waals surface area contributed by atoms with Crippen molar-refractivity contribution in [3.63, 3.8) is 0 Å². The maximum absolute atomic E-state index is 14.0. The maximum Gasteiger partial charge on any atom is 0.417 e. The average Bonchev–Trinajstić information content (AvgIpc) is 2.99. The summed E-state index contributed by atoms with van der Waals surface area (Å²) in [5, 5.41) is 7.83. The first-order valence-corrected chi connectivity index (χ1v) is 8.77. The second-order valence-electron chi connectivity index (χ2n) is 6.60. The van der Waals surface area contributed by atoms with Crippen LogP contribution in [0, 0.1) is 0 Å². The highest BCUT2D eigenvalue weighted by atomic mass is 19.4. The Morgan fingerprint density at radius 3 is 2.45 bits per heavy atom. The van der Waals surface area contributed by atoms with Crippen LogP contribution in [0.4, 0.5) is 39.3 Å². The van der Waals surface area contributed by atoms with Crippen LogP contribution >= 0.6 is 0 Å². The van der Waals surface area contributed by atoms with E-state index >= 15 is 0 Å². The quantitative estimate of drug-likeness (QED) is 0.638. The molecule has 0 bridgehead atoms. The lowest BCUT2D eigenvalue weighted by atomic mass is 10.1. The van der Waals surface area contributed by atoms with Crippen molar-refractivity contribution in [1.29, 1.82) is 0 Å². The summed E-state index contributed by atoms with van der Waals surface area (Å²) in [5.41, 5.74) is -0.696. The van der Waals surface area contributed by atoms with Crippen LogP contribution in [0.15, 0.2) is 30.6 Å². The molecule has 0 aliphatic heterocycles. The number of amides is 1. The van der Waals surface area contributed by atoms with Gasteiger partial charge in [-0.05, 0) is 25.0 Å². The predicted octanol–water partition coefficient (Wildman–Crippen LogP) is 4.20. The number of pyridine rings is 2. The maximum atomic E-state index is 14.0. The molecule has 3 N–H and O–H groups in total. The molecule has 1 atom stereocenters. The van der Waals surface area contributed by atoms with Crippen LogP contribution in [0.3, 0.4) is 0 Å². The molecule has 0 saturated heterocycles. The van der Waals surface area contributed by atoms with Gasteiger partial charge in [-0.25, -0.2) is 18.7 Å². The van der Waals surface area contributed by atoms with E-state index in [0.29, 0.717) is 12.6 Å². The Bertz CT molecular complexity index is 885. The number of anilines is 3. The molecule has 1 fully saturated rings. The second-order valence-corrected chi connectivity index (χ2v) is 6.60. The van der Waals surface area contributed by atoms with E-state index in [1.165, 1.54) is 19.3 Å². The average molecular weight is 415 g/mol. The monoisotopic (exact) mass is 415 g/mol. The lowest BCUT2D eigenvalue weighted by molar-refractivity contribution is -0.137. The summed E-state index contributed by atoms with van der Waals surface area (Å²) in [5.74, 6) is -3.21. The van der Waals surface area contributed by atoms with Crippen molar-refractivity contribution in [3.8, 4) is 0 Å². The largest absolute Gasteiger partial charge is 0.417 e. The van der Waals surface area contributed by atoms with E-state index in [1.807, 2.05) is 0 Å². The minimum atomic E-state index is -4.51. The van der Waals surface area contributed by atoms with Crippen LogP contribution in [0.25, 0.3) is 0 Å². The van der Waals surface area contributed by atoms with Gasteiger partial charge in [-0.3, -0.25) is 4.79 Å². The third-order valence-corrected chi connectivity index (χ3v) is 4.57. The lowest BCUT2D eigenvalue weighted by Gasteiger charge is -2.23. The summed E-state index contributed by atoms with van der Waals surface area (Å²) in [6, 6.07) is 2.19. The van der Waals surface area contributed by atoms with E-state index in [4.69, 9.17) is 0 Å². The van der Waals surface area contributed by atoms with Crippen molar-refractivity contribution in [2.75, 3.05) is 17.7 Å². The van der Waals surface area contributed by atoms with Crippen molar-refractivity contribution < 1.29 is 26.7 Å². The SMILES string of the molecule is CNC(=O)c1cnc(Nc2ccc(C(F)(F)F)cn2)cc1NC1CCCC1(F)F. The normalized spacial score (nSPS) is 18.3. The van der Waals surface area contributed by atoms with Gasteiger partial charge in [0.25, 0.3) is 11.8 Å². The summed E-state index contributed by atoms with van der Waals surface area (Å²) in [6.45, 7) is 0. The third-order valence-electron chi connectivity index (χ3n) is 4.57. The lowest BCUT2D eigenvalue weighted by Crippen LogP contribution is -2.35. The minimum absolute atomic E-state index is 0.0705. The number of carbonyl (C=O) groups excluding carboxylic acids is 1. The second kappa shape index (κ2) is 7.80. The molecule has 1 aliphatic rings. The molecule has 11 heteroatoms. The summed E-state index contributed by atoms with van der Waals surface area (Å²) in [4.78, 5) is 19.8. The number of carbonyl (C=O) groups is 1. The van der Waals surface area contributed by atoms with Gasteiger partial charge in [0, 0.05) is 31.9 Å². The van der Waals surface area contributed by atoms with Crippen molar-refractivity contribution >= 4 is 23.2 Å². The smallest absolute Gasteiger partial charge is 0.376 e. The Morgan fingerprint density at radius 2 is 1.90 bits per heavy atom. The van der Waals surface area contributed by atoms with Crippen molar-refractivity contribution in [2.45, 2.75) is 37.4 Å². The topological polar surface area (TPSA) is 78.9 Å². The van der Waals surface area contributed by atoms with E-state index in [2.05, 4.69) is 25.9 Å². The highest BCUT2D eigenvalue weighted by molar-refractivity contribution is 5.99. The van der Waals surface area contributed by atoms with E-state index in [9.17, 15) is 26.7 Å². The summed E-state index contributed by atoms with van der Waals surface area (Å²) in [7, 11) is 1.40. The number of hydrogen-bond acceptors (Lipinski definition) is 5. The van der Waals surface area contributed by atoms with E-state index in [-0.39, 0.29) is 35.7 Å². The van der Waals surface area contributed by atoms with E-state index in [0.717, 1.165) is 12.1 Å². The molecule has 2 heterocycles. The zero-order valence-corrected chi connectivity index (χ0v) is 15.3. The molecule has 156 valence electrons. The highest BCUT2D eigenvalue weighted by Gasteiger charge is 2.44. The molecular formula is C18H18F5N5O. The number of nitrogens with zero attached hydrogens (tertiary/aromatic N) is 2. The van der Waals surface area contributed by atoms with Gasteiger partial charge in [0.15, 0.2) is 0 Å². The van der Waals surface area contributed by atoms with Crippen LogP contribution in [0.1, 0.15) is 35.2 Å². The molecular weight excluding hydrogens is 397 g/mol. The van der Waals surface area contributed by atoms with Crippen LogP contribution in [0.2, 0.25) is 0 Å². The van der Waals surface area contributed by atoms with Gasteiger partial charge in [0.05, 0.1) is 22.9 Å². The number of alkyl halides is 5. The number of nitrogens with one attached hydrogen (secondary N) is 3.